The topological polar surface area (TPSA) is 29.3 Å². The first kappa shape index (κ1) is 14.0. The van der Waals surface area contributed by atoms with Gasteiger partial charge in [-0.15, -0.1) is 0 Å². The molecule has 4 unspecified atom stereocenters. The molecule has 2 fully saturated rings. The van der Waals surface area contributed by atoms with Gasteiger partial charge in [0.2, 0.25) is 0 Å². The zero-order valence-corrected chi connectivity index (χ0v) is 11.9. The Hall–Kier alpha value is -1.00. The quantitative estimate of drug-likeness (QED) is 0.902. The monoisotopic (exact) mass is 280 g/mol. The largest absolute Gasteiger partial charge is 0.327 e. The number of rotatable bonds is 2. The molecule has 0 spiro atoms. The first-order valence-corrected chi connectivity index (χ1v) is 7.51. The predicted molar refractivity (Wildman–Crippen MR) is 75.2 cm³/mol. The smallest absolute Gasteiger partial charge is 0.163 e. The van der Waals surface area contributed by atoms with Crippen LogP contribution in [0.5, 0.6) is 0 Å². The van der Waals surface area contributed by atoms with Crippen LogP contribution in [-0.4, -0.2) is 24.0 Å². The van der Waals surface area contributed by atoms with E-state index in [1.165, 1.54) is 18.9 Å². The minimum atomic E-state index is -0.761. The summed E-state index contributed by atoms with van der Waals surface area (Å²) in [5, 5.41) is 0. The minimum absolute atomic E-state index is 0.0940. The van der Waals surface area contributed by atoms with Crippen molar-refractivity contribution >= 4 is 0 Å². The summed E-state index contributed by atoms with van der Waals surface area (Å²) in [5.41, 5.74) is 6.67. The van der Waals surface area contributed by atoms with Crippen LogP contribution in [0, 0.1) is 23.5 Å². The predicted octanol–water partition coefficient (Wildman–Crippen LogP) is 3.09. The lowest BCUT2D eigenvalue weighted by Crippen LogP contribution is -2.38. The first-order chi connectivity index (χ1) is 9.58. The van der Waals surface area contributed by atoms with E-state index in [9.17, 15) is 8.78 Å². The molecule has 1 aromatic rings. The molecule has 4 atom stereocenters. The van der Waals surface area contributed by atoms with Crippen LogP contribution in [-0.2, 0) is 0 Å². The van der Waals surface area contributed by atoms with E-state index in [4.69, 9.17) is 5.73 Å². The fourth-order valence-corrected chi connectivity index (χ4v) is 3.91. The molecule has 1 heterocycles. The van der Waals surface area contributed by atoms with Gasteiger partial charge in [-0.25, -0.2) is 8.78 Å². The molecule has 20 heavy (non-hydrogen) atoms. The summed E-state index contributed by atoms with van der Waals surface area (Å²) in [6.45, 7) is 3.82. The molecule has 3 rings (SSSR count). The van der Waals surface area contributed by atoms with Gasteiger partial charge >= 0.3 is 0 Å². The van der Waals surface area contributed by atoms with E-state index in [1.54, 1.807) is 12.1 Å². The lowest BCUT2D eigenvalue weighted by atomic mass is 9.78. The second-order valence-corrected chi connectivity index (χ2v) is 6.29. The Balaban J connectivity index is 1.78. The summed E-state index contributed by atoms with van der Waals surface area (Å²) >= 11 is 0. The van der Waals surface area contributed by atoms with Crippen LogP contribution < -0.4 is 5.73 Å². The van der Waals surface area contributed by atoms with Gasteiger partial charge in [-0.05, 0) is 37.7 Å². The van der Waals surface area contributed by atoms with Gasteiger partial charge in [0.25, 0.3) is 0 Å². The summed E-state index contributed by atoms with van der Waals surface area (Å²) < 4.78 is 27.3. The number of hydrogen-bond acceptors (Lipinski definition) is 2. The van der Waals surface area contributed by atoms with Crippen LogP contribution >= 0.6 is 0 Å². The van der Waals surface area contributed by atoms with Crippen LogP contribution in [0.3, 0.4) is 0 Å². The van der Waals surface area contributed by atoms with Crippen LogP contribution in [0.15, 0.2) is 18.2 Å². The van der Waals surface area contributed by atoms with E-state index in [0.717, 1.165) is 19.5 Å². The highest BCUT2D eigenvalue weighted by Crippen LogP contribution is 2.39. The van der Waals surface area contributed by atoms with Crippen molar-refractivity contribution in [2.75, 3.05) is 13.1 Å². The highest BCUT2D eigenvalue weighted by Gasteiger charge is 2.40. The second-order valence-electron chi connectivity index (χ2n) is 6.29. The first-order valence-electron chi connectivity index (χ1n) is 7.51. The summed E-state index contributed by atoms with van der Waals surface area (Å²) in [6, 6.07) is 4.61. The molecule has 2 N–H and O–H groups in total. The standard InChI is InChI=1S/C16H22F2N2/c1-10(12-5-3-6-14(17)16(12)18)20-8-11-4-2-7-15(19)13(11)9-20/h3,5-6,10-11,13,15H,2,4,7-9,19H2,1H3. The molecule has 4 heteroatoms. The van der Waals surface area contributed by atoms with Crippen molar-refractivity contribution in [3.8, 4) is 0 Å². The Labute approximate surface area is 118 Å². The molecule has 0 radical (unpaired) electrons. The zero-order valence-electron chi connectivity index (χ0n) is 11.9. The number of benzene rings is 1. The Morgan fingerprint density at radius 2 is 2.05 bits per heavy atom. The Bertz CT molecular complexity index is 491. The molecule has 1 saturated carbocycles. The van der Waals surface area contributed by atoms with E-state index >= 15 is 0 Å². The number of fused-ring (bicyclic) bond motifs is 1. The normalized spacial score (nSPS) is 32.1. The minimum Gasteiger partial charge on any atom is -0.327 e. The number of likely N-dealkylation sites (tertiary alicyclic amines) is 1. The summed E-state index contributed by atoms with van der Waals surface area (Å²) in [5.74, 6) is -0.331. The Kier molecular flexibility index (Phi) is 3.78. The van der Waals surface area contributed by atoms with E-state index < -0.39 is 11.6 Å². The highest BCUT2D eigenvalue weighted by molar-refractivity contribution is 5.22. The number of nitrogens with two attached hydrogens (primary N) is 1. The summed E-state index contributed by atoms with van der Waals surface area (Å²) in [4.78, 5) is 2.26. The average molecular weight is 280 g/mol. The molecule has 1 saturated heterocycles. The molecular formula is C16H22F2N2. The third-order valence-corrected chi connectivity index (χ3v) is 5.16. The van der Waals surface area contributed by atoms with Crippen molar-refractivity contribution in [1.29, 1.82) is 0 Å². The molecular weight excluding hydrogens is 258 g/mol. The molecule has 2 nitrogen and oxygen atoms in total. The molecule has 0 aromatic heterocycles. The van der Waals surface area contributed by atoms with Gasteiger partial charge < -0.3 is 5.73 Å². The van der Waals surface area contributed by atoms with E-state index in [2.05, 4.69) is 4.90 Å². The van der Waals surface area contributed by atoms with Crippen LogP contribution in [0.25, 0.3) is 0 Å². The van der Waals surface area contributed by atoms with Gasteiger partial charge in [0.1, 0.15) is 0 Å². The van der Waals surface area contributed by atoms with Crippen LogP contribution in [0.2, 0.25) is 0 Å². The SMILES string of the molecule is CC(c1cccc(F)c1F)N1CC2CCCC(N)C2C1. The van der Waals surface area contributed by atoms with Crippen LogP contribution in [0.4, 0.5) is 8.78 Å². The molecule has 0 bridgehead atoms. The molecule has 2 aliphatic rings. The van der Waals surface area contributed by atoms with Crippen molar-refractivity contribution in [3.63, 3.8) is 0 Å². The zero-order chi connectivity index (χ0) is 14.3. The number of hydrogen-bond donors (Lipinski definition) is 1. The van der Waals surface area contributed by atoms with Crippen molar-refractivity contribution in [2.24, 2.45) is 17.6 Å². The van der Waals surface area contributed by atoms with Crippen LogP contribution in [0.1, 0.15) is 37.8 Å². The van der Waals surface area contributed by atoms with Crippen molar-refractivity contribution in [1.82, 2.24) is 4.90 Å². The highest BCUT2D eigenvalue weighted by atomic mass is 19.2. The Morgan fingerprint density at radius 1 is 1.25 bits per heavy atom. The molecule has 1 aliphatic heterocycles. The number of nitrogens with zero attached hydrogens (tertiary/aromatic N) is 1. The molecule has 0 amide bonds. The fourth-order valence-electron chi connectivity index (χ4n) is 3.91. The lowest BCUT2D eigenvalue weighted by molar-refractivity contribution is 0.239. The maximum atomic E-state index is 13.9. The molecule has 110 valence electrons. The van der Waals surface area contributed by atoms with Gasteiger partial charge in [0.05, 0.1) is 0 Å². The van der Waals surface area contributed by atoms with E-state index in [0.29, 0.717) is 17.4 Å². The average Bonchev–Trinajstić information content (AvgIpc) is 2.87. The summed E-state index contributed by atoms with van der Waals surface area (Å²) in [6.07, 6.45) is 3.50. The summed E-state index contributed by atoms with van der Waals surface area (Å²) in [7, 11) is 0. The van der Waals surface area contributed by atoms with Crippen molar-refractivity contribution in [3.05, 3.63) is 35.4 Å². The van der Waals surface area contributed by atoms with Gasteiger partial charge in [0, 0.05) is 30.7 Å². The van der Waals surface area contributed by atoms with Gasteiger partial charge in [0.15, 0.2) is 11.6 Å². The van der Waals surface area contributed by atoms with Crippen molar-refractivity contribution in [2.45, 2.75) is 38.3 Å². The second kappa shape index (κ2) is 5.41. The number of halogens is 2. The Morgan fingerprint density at radius 3 is 2.80 bits per heavy atom. The lowest BCUT2D eigenvalue weighted by Gasteiger charge is -2.30. The van der Waals surface area contributed by atoms with Crippen molar-refractivity contribution < 1.29 is 8.78 Å². The third kappa shape index (κ3) is 2.35. The van der Waals surface area contributed by atoms with E-state index in [1.807, 2.05) is 6.92 Å². The third-order valence-electron chi connectivity index (χ3n) is 5.16. The molecule has 1 aliphatic carbocycles. The van der Waals surface area contributed by atoms with Gasteiger partial charge in [-0.1, -0.05) is 18.6 Å². The molecule has 1 aromatic carbocycles. The maximum absolute atomic E-state index is 13.9. The fraction of sp³-hybridized carbons (Fsp3) is 0.625. The van der Waals surface area contributed by atoms with E-state index in [-0.39, 0.29) is 12.1 Å². The van der Waals surface area contributed by atoms with Gasteiger partial charge in [-0.2, -0.15) is 0 Å². The van der Waals surface area contributed by atoms with Gasteiger partial charge in [-0.3, -0.25) is 4.90 Å². The maximum Gasteiger partial charge on any atom is 0.163 e.